The van der Waals surface area contributed by atoms with Gasteiger partial charge < -0.3 is 13.9 Å². The van der Waals surface area contributed by atoms with Crippen LogP contribution in [0.5, 0.6) is 0 Å². The lowest BCUT2D eigenvalue weighted by atomic mass is 9.62. The van der Waals surface area contributed by atoms with Crippen molar-refractivity contribution in [2.24, 2.45) is 23.2 Å². The van der Waals surface area contributed by atoms with Crippen LogP contribution < -0.4 is 0 Å². The van der Waals surface area contributed by atoms with E-state index in [2.05, 4.69) is 60.7 Å². The van der Waals surface area contributed by atoms with Crippen LogP contribution in [-0.2, 0) is 18.7 Å². The van der Waals surface area contributed by atoms with E-state index < -0.39 is 14.1 Å². The van der Waals surface area contributed by atoms with Gasteiger partial charge in [-0.3, -0.25) is 4.79 Å². The standard InChI is InChI=1S/C26H42O4Si/c1-17(2)19-10-11-25(6)22(27)16-21-20(23(19)25)15-18(30-31(7,8)24(3,4)5)9-12-26(21)28-13-14-29-26/h15-19,23H,9-14H2,1-8H3/t18-,19+,23-,25+/m0/s1. The first kappa shape index (κ1) is 23.4. The molecular formula is C26H42O4Si. The highest BCUT2D eigenvalue weighted by Gasteiger charge is 2.58. The Morgan fingerprint density at radius 3 is 2.35 bits per heavy atom. The summed E-state index contributed by atoms with van der Waals surface area (Å²) in [5.41, 5.74) is 1.95. The molecule has 3 aliphatic carbocycles. The lowest BCUT2D eigenvalue weighted by molar-refractivity contribution is -0.138. The molecule has 0 amide bonds. The minimum absolute atomic E-state index is 0.0392. The van der Waals surface area contributed by atoms with Gasteiger partial charge >= 0.3 is 0 Å². The van der Waals surface area contributed by atoms with Crippen LogP contribution in [0.3, 0.4) is 0 Å². The van der Waals surface area contributed by atoms with Crippen molar-refractivity contribution in [3.8, 4) is 0 Å². The predicted molar refractivity (Wildman–Crippen MR) is 126 cm³/mol. The van der Waals surface area contributed by atoms with E-state index in [1.165, 1.54) is 5.57 Å². The molecule has 4 nitrogen and oxygen atoms in total. The highest BCUT2D eigenvalue weighted by Crippen LogP contribution is 2.60. The van der Waals surface area contributed by atoms with Gasteiger partial charge in [0.2, 0.25) is 0 Å². The zero-order chi connectivity index (χ0) is 22.8. The number of ketones is 1. The average molecular weight is 447 g/mol. The number of carbonyl (C=O) groups excluding carboxylic acids is 1. The van der Waals surface area contributed by atoms with E-state index in [1.54, 1.807) is 0 Å². The van der Waals surface area contributed by atoms with Crippen molar-refractivity contribution in [3.63, 3.8) is 0 Å². The van der Waals surface area contributed by atoms with Crippen LogP contribution in [0, 0.1) is 23.2 Å². The van der Waals surface area contributed by atoms with E-state index in [1.807, 2.05) is 6.08 Å². The summed E-state index contributed by atoms with van der Waals surface area (Å²) in [7, 11) is -1.94. The Morgan fingerprint density at radius 1 is 1.13 bits per heavy atom. The summed E-state index contributed by atoms with van der Waals surface area (Å²) in [4.78, 5) is 13.5. The maximum absolute atomic E-state index is 13.5. The fourth-order valence-electron chi connectivity index (χ4n) is 6.05. The monoisotopic (exact) mass is 446 g/mol. The van der Waals surface area contributed by atoms with Crippen molar-refractivity contribution in [1.29, 1.82) is 0 Å². The van der Waals surface area contributed by atoms with Crippen LogP contribution in [0.15, 0.2) is 23.3 Å². The van der Waals surface area contributed by atoms with Crippen molar-refractivity contribution >= 4 is 14.1 Å². The molecule has 1 saturated heterocycles. The topological polar surface area (TPSA) is 44.8 Å². The lowest BCUT2D eigenvalue weighted by Gasteiger charge is -2.43. The van der Waals surface area contributed by atoms with Gasteiger partial charge in [0.25, 0.3) is 0 Å². The van der Waals surface area contributed by atoms with Gasteiger partial charge in [-0.15, -0.1) is 0 Å². The van der Waals surface area contributed by atoms with E-state index in [9.17, 15) is 4.79 Å². The highest BCUT2D eigenvalue weighted by atomic mass is 28.4. The van der Waals surface area contributed by atoms with Crippen molar-refractivity contribution in [2.45, 2.75) is 97.2 Å². The SMILES string of the molecule is CC(C)[C@H]1CC[C@]2(C)C(=O)C=C3C(=C[C@@H](O[Si](C)(C)C(C)(C)C)CCC34OCCO4)[C@H]12. The lowest BCUT2D eigenvalue weighted by Crippen LogP contribution is -2.44. The summed E-state index contributed by atoms with van der Waals surface area (Å²) >= 11 is 0. The first-order valence-corrected chi connectivity index (χ1v) is 15.2. The van der Waals surface area contributed by atoms with Crippen molar-refractivity contribution in [1.82, 2.24) is 0 Å². The molecule has 0 aromatic carbocycles. The van der Waals surface area contributed by atoms with Crippen molar-refractivity contribution < 1.29 is 18.7 Å². The summed E-state index contributed by atoms with van der Waals surface area (Å²) in [5.74, 6) is 0.722. The van der Waals surface area contributed by atoms with Gasteiger partial charge in [0.15, 0.2) is 19.9 Å². The second-order valence-electron chi connectivity index (χ2n) is 12.3. The Morgan fingerprint density at radius 2 is 1.77 bits per heavy atom. The maximum Gasteiger partial charge on any atom is 0.195 e. The van der Waals surface area contributed by atoms with Gasteiger partial charge in [-0.1, -0.05) is 47.6 Å². The number of ether oxygens (including phenoxy) is 2. The Kier molecular flexibility index (Phi) is 5.77. The third kappa shape index (κ3) is 3.73. The highest BCUT2D eigenvalue weighted by molar-refractivity contribution is 6.74. The molecule has 31 heavy (non-hydrogen) atoms. The number of fused-ring (bicyclic) bond motifs is 4. The molecule has 1 saturated carbocycles. The van der Waals surface area contributed by atoms with Crippen LogP contribution in [0.25, 0.3) is 0 Å². The van der Waals surface area contributed by atoms with Crippen LogP contribution >= 0.6 is 0 Å². The van der Waals surface area contributed by atoms with Crippen LogP contribution in [0.4, 0.5) is 0 Å². The van der Waals surface area contributed by atoms with E-state index in [0.717, 1.165) is 31.3 Å². The number of rotatable bonds is 3. The molecule has 0 bridgehead atoms. The molecule has 4 rings (SSSR count). The summed E-state index contributed by atoms with van der Waals surface area (Å²) in [6.07, 6.45) is 7.96. The number of hydrogen-bond acceptors (Lipinski definition) is 4. The second-order valence-corrected chi connectivity index (χ2v) is 17.0. The van der Waals surface area contributed by atoms with Crippen LogP contribution in [-0.4, -0.2) is 39.2 Å². The molecule has 1 heterocycles. The quantitative estimate of drug-likeness (QED) is 0.496. The molecule has 174 valence electrons. The Balaban J connectivity index is 1.82. The van der Waals surface area contributed by atoms with Gasteiger partial charge in [0.1, 0.15) is 0 Å². The zero-order valence-electron chi connectivity index (χ0n) is 20.8. The van der Waals surface area contributed by atoms with Gasteiger partial charge in [-0.25, -0.2) is 0 Å². The van der Waals surface area contributed by atoms with E-state index in [4.69, 9.17) is 13.9 Å². The molecule has 4 aliphatic rings. The Labute approximate surface area is 189 Å². The summed E-state index contributed by atoms with van der Waals surface area (Å²) in [6, 6.07) is 0. The fraction of sp³-hybridized carbons (Fsp3) is 0.808. The summed E-state index contributed by atoms with van der Waals surface area (Å²) in [5, 5.41) is 0.152. The summed E-state index contributed by atoms with van der Waals surface area (Å²) in [6.45, 7) is 19.5. The summed E-state index contributed by atoms with van der Waals surface area (Å²) < 4.78 is 19.5. The largest absolute Gasteiger partial charge is 0.411 e. The van der Waals surface area contributed by atoms with Crippen molar-refractivity contribution in [2.75, 3.05) is 13.2 Å². The number of hydrogen-bond donors (Lipinski definition) is 0. The first-order chi connectivity index (χ1) is 14.3. The second kappa shape index (κ2) is 7.65. The van der Waals surface area contributed by atoms with Crippen LogP contribution in [0.2, 0.25) is 18.1 Å². The molecule has 0 aromatic rings. The smallest absolute Gasteiger partial charge is 0.195 e. The molecule has 4 atom stereocenters. The molecule has 0 aromatic heterocycles. The number of carbonyl (C=O) groups is 1. The zero-order valence-corrected chi connectivity index (χ0v) is 21.8. The maximum atomic E-state index is 13.5. The van der Waals surface area contributed by atoms with Gasteiger partial charge in [-0.05, 0) is 66.8 Å². The Bertz CT molecular complexity index is 797. The molecule has 1 spiro atoms. The molecule has 5 heteroatoms. The normalized spacial score (nSPS) is 35.6. The molecule has 0 unspecified atom stereocenters. The third-order valence-electron chi connectivity index (χ3n) is 8.99. The average Bonchev–Trinajstić information content (AvgIpc) is 3.23. The Hall–Kier alpha value is -0.753. The number of allylic oxidation sites excluding steroid dienone is 1. The molecular weight excluding hydrogens is 404 g/mol. The third-order valence-corrected chi connectivity index (χ3v) is 13.5. The van der Waals surface area contributed by atoms with E-state index in [-0.39, 0.29) is 28.3 Å². The fourth-order valence-corrected chi connectivity index (χ4v) is 7.35. The molecule has 1 aliphatic heterocycles. The molecule has 2 fully saturated rings. The van der Waals surface area contributed by atoms with Crippen LogP contribution in [0.1, 0.15) is 67.2 Å². The predicted octanol–water partition coefficient (Wildman–Crippen LogP) is 6.04. The van der Waals surface area contributed by atoms with Gasteiger partial charge in [0.05, 0.1) is 19.3 Å². The molecule has 0 N–H and O–H groups in total. The molecule has 0 radical (unpaired) electrons. The van der Waals surface area contributed by atoms with E-state index in [0.29, 0.717) is 25.0 Å². The van der Waals surface area contributed by atoms with Gasteiger partial charge in [0, 0.05) is 17.4 Å². The minimum Gasteiger partial charge on any atom is -0.411 e. The van der Waals surface area contributed by atoms with E-state index >= 15 is 0 Å². The minimum atomic E-state index is -1.94. The van der Waals surface area contributed by atoms with Gasteiger partial charge in [-0.2, -0.15) is 0 Å². The first-order valence-electron chi connectivity index (χ1n) is 12.3. The van der Waals surface area contributed by atoms with Crippen molar-refractivity contribution in [3.05, 3.63) is 23.3 Å².